The molecule has 0 atom stereocenters. The van der Waals surface area contributed by atoms with E-state index in [1.807, 2.05) is 18.7 Å². The van der Waals surface area contributed by atoms with Gasteiger partial charge in [-0.25, -0.2) is 8.42 Å². The fourth-order valence-electron chi connectivity index (χ4n) is 1.29. The fraction of sp³-hybridized carbons (Fsp3) is 0.417. The highest BCUT2D eigenvalue weighted by molar-refractivity contribution is 7.89. The minimum absolute atomic E-state index is 0.0328. The maximum absolute atomic E-state index is 11.8. The summed E-state index contributed by atoms with van der Waals surface area (Å²) in [4.78, 5) is 17.4. The Balaban J connectivity index is 2.70. The molecule has 0 saturated heterocycles. The molecule has 1 aromatic rings. The van der Waals surface area contributed by atoms with Gasteiger partial charge in [-0.3, -0.25) is 9.63 Å². The van der Waals surface area contributed by atoms with Crippen molar-refractivity contribution in [1.29, 1.82) is 0 Å². The predicted molar refractivity (Wildman–Crippen MR) is 68.9 cm³/mol. The summed E-state index contributed by atoms with van der Waals surface area (Å²) in [7, 11) is -3.72. The molecule has 0 aliphatic heterocycles. The van der Waals surface area contributed by atoms with Crippen LogP contribution >= 0.6 is 0 Å². The first-order valence-corrected chi connectivity index (χ1v) is 7.24. The second-order valence-electron chi connectivity index (χ2n) is 4.51. The third-order valence-corrected chi connectivity index (χ3v) is 3.40. The molecule has 6 nitrogen and oxygen atoms in total. The normalized spacial score (nSPS) is 11.7. The number of hydrogen-bond donors (Lipinski definition) is 2. The summed E-state index contributed by atoms with van der Waals surface area (Å²) in [6.45, 7) is 4.07. The molecular weight excluding hydrogens is 270 g/mol. The highest BCUT2D eigenvalue weighted by Crippen LogP contribution is 2.11. The van der Waals surface area contributed by atoms with Gasteiger partial charge in [0.15, 0.2) is 0 Å². The van der Waals surface area contributed by atoms with E-state index in [9.17, 15) is 13.2 Å². The number of sulfonamides is 1. The molecule has 0 radical (unpaired) electrons. The van der Waals surface area contributed by atoms with Crippen LogP contribution in [0.4, 0.5) is 0 Å². The van der Waals surface area contributed by atoms with Crippen LogP contribution in [-0.4, -0.2) is 26.1 Å². The molecule has 1 aromatic carbocycles. The molecule has 0 bridgehead atoms. The third-order valence-electron chi connectivity index (χ3n) is 2.17. The Kier molecular flexibility index (Phi) is 5.46. The Morgan fingerprint density at radius 1 is 1.32 bits per heavy atom. The van der Waals surface area contributed by atoms with Crippen LogP contribution in [0.2, 0.25) is 0 Å². The Morgan fingerprint density at radius 3 is 2.37 bits per heavy atom. The molecule has 0 heterocycles. The Hall–Kier alpha value is -1.44. The highest BCUT2D eigenvalue weighted by Gasteiger charge is 2.14. The molecule has 106 valence electrons. The molecule has 0 saturated carbocycles. The quantitative estimate of drug-likeness (QED) is 0.735. The average Bonchev–Trinajstić information content (AvgIpc) is 2.28. The standard InChI is InChI=1S/C12H17NO5S/c1-9(2)8-18-13-19(16,17)11-5-3-10(4-6-11)7-12(14)15/h3-6,9,13H,7-8H2,1-2H3,(H,14,15). The van der Waals surface area contributed by atoms with Crippen molar-refractivity contribution in [3.05, 3.63) is 29.8 Å². The lowest BCUT2D eigenvalue weighted by molar-refractivity contribution is -0.136. The van der Waals surface area contributed by atoms with E-state index in [2.05, 4.69) is 0 Å². The zero-order valence-corrected chi connectivity index (χ0v) is 11.6. The van der Waals surface area contributed by atoms with Crippen molar-refractivity contribution in [3.8, 4) is 0 Å². The zero-order chi connectivity index (χ0) is 14.5. The monoisotopic (exact) mass is 287 g/mol. The van der Waals surface area contributed by atoms with Crippen LogP contribution in [0, 0.1) is 5.92 Å². The number of carbonyl (C=O) groups is 1. The van der Waals surface area contributed by atoms with Gasteiger partial charge in [0.25, 0.3) is 10.0 Å². The summed E-state index contributed by atoms with van der Waals surface area (Å²) >= 11 is 0. The maximum Gasteiger partial charge on any atom is 0.307 e. The van der Waals surface area contributed by atoms with Crippen LogP contribution in [-0.2, 0) is 26.1 Å². The van der Waals surface area contributed by atoms with E-state index < -0.39 is 16.0 Å². The Labute approximate surface area is 112 Å². The van der Waals surface area contributed by atoms with Gasteiger partial charge in [-0.05, 0) is 23.6 Å². The molecule has 19 heavy (non-hydrogen) atoms. The molecular formula is C12H17NO5S. The number of carboxylic acid groups (broad SMARTS) is 1. The number of hydrogen-bond acceptors (Lipinski definition) is 4. The van der Waals surface area contributed by atoms with Crippen molar-refractivity contribution < 1.29 is 23.2 Å². The smallest absolute Gasteiger partial charge is 0.307 e. The molecule has 0 unspecified atom stereocenters. The molecule has 0 aliphatic rings. The first kappa shape index (κ1) is 15.6. The number of rotatable bonds is 7. The summed E-state index contributed by atoms with van der Waals surface area (Å²) in [5.41, 5.74) is 0.537. The molecule has 0 aliphatic carbocycles. The van der Waals surface area contributed by atoms with E-state index in [0.29, 0.717) is 5.56 Å². The summed E-state index contributed by atoms with van der Waals surface area (Å²) in [5.74, 6) is -0.755. The first-order valence-electron chi connectivity index (χ1n) is 5.75. The number of nitrogens with one attached hydrogen (secondary N) is 1. The first-order chi connectivity index (χ1) is 8.81. The molecule has 0 spiro atoms. The van der Waals surface area contributed by atoms with Crippen molar-refractivity contribution in [2.24, 2.45) is 5.92 Å². The van der Waals surface area contributed by atoms with E-state index >= 15 is 0 Å². The van der Waals surface area contributed by atoms with Crippen molar-refractivity contribution in [2.75, 3.05) is 6.61 Å². The minimum atomic E-state index is -3.72. The number of benzene rings is 1. The van der Waals surface area contributed by atoms with Gasteiger partial charge in [-0.2, -0.15) is 0 Å². The lowest BCUT2D eigenvalue weighted by Crippen LogP contribution is -2.25. The SMILES string of the molecule is CC(C)CONS(=O)(=O)c1ccc(CC(=O)O)cc1. The lowest BCUT2D eigenvalue weighted by atomic mass is 10.2. The zero-order valence-electron chi connectivity index (χ0n) is 10.8. The highest BCUT2D eigenvalue weighted by atomic mass is 32.2. The van der Waals surface area contributed by atoms with Crippen LogP contribution in [0.3, 0.4) is 0 Å². The van der Waals surface area contributed by atoms with E-state index in [1.165, 1.54) is 24.3 Å². The van der Waals surface area contributed by atoms with Gasteiger partial charge in [-0.15, -0.1) is 0 Å². The molecule has 0 aromatic heterocycles. The largest absolute Gasteiger partial charge is 0.481 e. The van der Waals surface area contributed by atoms with Crippen LogP contribution in [0.1, 0.15) is 19.4 Å². The van der Waals surface area contributed by atoms with Crippen molar-refractivity contribution in [3.63, 3.8) is 0 Å². The molecule has 0 amide bonds. The van der Waals surface area contributed by atoms with E-state index in [4.69, 9.17) is 9.94 Å². The van der Waals surface area contributed by atoms with Crippen molar-refractivity contribution >= 4 is 16.0 Å². The Bertz CT molecular complexity index is 522. The van der Waals surface area contributed by atoms with E-state index in [1.54, 1.807) is 0 Å². The molecule has 1 rings (SSSR count). The van der Waals surface area contributed by atoms with Gasteiger partial charge in [-0.1, -0.05) is 30.9 Å². The fourth-order valence-corrected chi connectivity index (χ4v) is 2.10. The summed E-state index contributed by atoms with van der Waals surface area (Å²) in [5, 5.41) is 8.61. The van der Waals surface area contributed by atoms with Gasteiger partial charge >= 0.3 is 5.97 Å². The minimum Gasteiger partial charge on any atom is -0.481 e. The van der Waals surface area contributed by atoms with Crippen LogP contribution in [0.25, 0.3) is 0 Å². The molecule has 0 fully saturated rings. The second kappa shape index (κ2) is 6.65. The van der Waals surface area contributed by atoms with Crippen LogP contribution in [0.15, 0.2) is 29.2 Å². The van der Waals surface area contributed by atoms with Gasteiger partial charge in [0.2, 0.25) is 0 Å². The van der Waals surface area contributed by atoms with Gasteiger partial charge in [0.05, 0.1) is 17.9 Å². The summed E-state index contributed by atoms with van der Waals surface area (Å²) in [6, 6.07) is 5.62. The van der Waals surface area contributed by atoms with Crippen LogP contribution < -0.4 is 4.89 Å². The van der Waals surface area contributed by atoms with Gasteiger partial charge in [0, 0.05) is 0 Å². The maximum atomic E-state index is 11.8. The van der Waals surface area contributed by atoms with E-state index in [-0.39, 0.29) is 23.8 Å². The van der Waals surface area contributed by atoms with Crippen molar-refractivity contribution in [2.45, 2.75) is 25.2 Å². The number of carboxylic acids is 1. The summed E-state index contributed by atoms with van der Waals surface area (Å²) in [6.07, 6.45) is -0.141. The average molecular weight is 287 g/mol. The van der Waals surface area contributed by atoms with Gasteiger partial charge in [0.1, 0.15) is 0 Å². The topological polar surface area (TPSA) is 92.7 Å². The third kappa shape index (κ3) is 5.37. The Morgan fingerprint density at radius 2 is 1.89 bits per heavy atom. The lowest BCUT2D eigenvalue weighted by Gasteiger charge is -2.09. The van der Waals surface area contributed by atoms with Crippen LogP contribution in [0.5, 0.6) is 0 Å². The number of aliphatic carboxylic acids is 1. The van der Waals surface area contributed by atoms with Crippen molar-refractivity contribution in [1.82, 2.24) is 4.89 Å². The molecule has 7 heteroatoms. The predicted octanol–water partition coefficient (Wildman–Crippen LogP) is 1.18. The van der Waals surface area contributed by atoms with E-state index in [0.717, 1.165) is 0 Å². The summed E-state index contributed by atoms with van der Waals surface area (Å²) < 4.78 is 23.6. The van der Waals surface area contributed by atoms with Gasteiger partial charge < -0.3 is 5.11 Å². The molecule has 2 N–H and O–H groups in total. The second-order valence-corrected chi connectivity index (χ2v) is 6.15.